The van der Waals surface area contributed by atoms with Crippen LogP contribution >= 0.6 is 0 Å². The fourth-order valence-electron chi connectivity index (χ4n) is 6.72. The summed E-state index contributed by atoms with van der Waals surface area (Å²) in [6.45, 7) is 16.8. The summed E-state index contributed by atoms with van der Waals surface area (Å²) < 4.78 is 19.2. The number of aromatic hydroxyl groups is 1. The molecule has 236 valence electrons. The maximum Gasteiger partial charge on any atom is 0.341 e. The molecule has 43 heavy (non-hydrogen) atoms. The van der Waals surface area contributed by atoms with Gasteiger partial charge < -0.3 is 19.3 Å². The summed E-state index contributed by atoms with van der Waals surface area (Å²) in [4.78, 5) is 26.8. The van der Waals surface area contributed by atoms with Crippen molar-refractivity contribution in [1.82, 2.24) is 0 Å². The van der Waals surface area contributed by atoms with E-state index in [1.807, 2.05) is 27.7 Å². The second-order valence-electron chi connectivity index (χ2n) is 14.0. The van der Waals surface area contributed by atoms with Crippen molar-refractivity contribution in [3.8, 4) is 11.5 Å². The van der Waals surface area contributed by atoms with Crippen molar-refractivity contribution in [1.29, 1.82) is 0 Å². The number of carbonyl (C=O) groups excluding carboxylic acids is 2. The molecule has 6 nitrogen and oxygen atoms in total. The zero-order valence-corrected chi connectivity index (χ0v) is 27.6. The lowest BCUT2D eigenvalue weighted by Crippen LogP contribution is -2.64. The third-order valence-corrected chi connectivity index (χ3v) is 9.98. The SMILES string of the molecule is Cc1c(C)c2c(c(C)c1O)CC1(OC(=O)c3ccc(cc3)C(=O)O1)[C@](C)(CCC[C@H](C)CCC[C@@H](C)CCCC(C)C)O2. The highest BCUT2D eigenvalue weighted by molar-refractivity contribution is 5.95. The highest BCUT2D eigenvalue weighted by atomic mass is 16.8. The first-order valence-corrected chi connectivity index (χ1v) is 16.3. The molecular weight excluding hydrogens is 540 g/mol. The molecule has 3 aliphatic heterocycles. The molecular formula is C37H52O6. The number of phenols is 1. The number of hydrogen-bond donors (Lipinski definition) is 1. The second-order valence-corrected chi connectivity index (χ2v) is 14.0. The van der Waals surface area contributed by atoms with Crippen LogP contribution in [0.5, 0.6) is 11.5 Å². The van der Waals surface area contributed by atoms with Crippen LogP contribution < -0.4 is 4.74 Å². The summed E-state index contributed by atoms with van der Waals surface area (Å²) in [6.07, 6.45) is 10.1. The molecule has 3 heterocycles. The highest BCUT2D eigenvalue weighted by Crippen LogP contribution is 2.51. The predicted molar refractivity (Wildman–Crippen MR) is 170 cm³/mol. The van der Waals surface area contributed by atoms with E-state index in [2.05, 4.69) is 27.7 Å². The van der Waals surface area contributed by atoms with E-state index >= 15 is 0 Å². The van der Waals surface area contributed by atoms with E-state index in [1.54, 1.807) is 24.3 Å². The van der Waals surface area contributed by atoms with Gasteiger partial charge >= 0.3 is 17.7 Å². The van der Waals surface area contributed by atoms with Crippen LogP contribution in [0, 0.1) is 38.5 Å². The molecule has 0 aliphatic carbocycles. The van der Waals surface area contributed by atoms with Crippen molar-refractivity contribution in [3.05, 3.63) is 57.6 Å². The van der Waals surface area contributed by atoms with E-state index in [1.165, 1.54) is 38.5 Å². The average Bonchev–Trinajstić information content (AvgIpc) is 3.03. The number of esters is 2. The van der Waals surface area contributed by atoms with Crippen LogP contribution in [0.25, 0.3) is 0 Å². The highest BCUT2D eigenvalue weighted by Gasteiger charge is 2.61. The van der Waals surface area contributed by atoms with Gasteiger partial charge in [0, 0.05) is 5.56 Å². The minimum Gasteiger partial charge on any atom is -0.507 e. The van der Waals surface area contributed by atoms with Crippen molar-refractivity contribution in [2.45, 2.75) is 131 Å². The van der Waals surface area contributed by atoms with Crippen LogP contribution in [-0.4, -0.2) is 28.4 Å². The van der Waals surface area contributed by atoms with Gasteiger partial charge in [-0.25, -0.2) is 9.59 Å². The molecule has 1 spiro atoms. The number of ether oxygens (including phenoxy) is 3. The second kappa shape index (κ2) is 13.3. The number of benzene rings is 2. The van der Waals surface area contributed by atoms with E-state index in [0.717, 1.165) is 35.8 Å². The van der Waals surface area contributed by atoms with E-state index in [-0.39, 0.29) is 12.2 Å². The normalized spacial score (nSPS) is 20.5. The molecule has 1 N–H and O–H groups in total. The Morgan fingerprint density at radius 2 is 1.21 bits per heavy atom. The Morgan fingerprint density at radius 1 is 0.721 bits per heavy atom. The molecule has 2 aromatic rings. The van der Waals surface area contributed by atoms with E-state index < -0.39 is 23.3 Å². The van der Waals surface area contributed by atoms with Crippen LogP contribution in [0.4, 0.5) is 0 Å². The van der Waals surface area contributed by atoms with Crippen molar-refractivity contribution >= 4 is 11.9 Å². The molecule has 0 aromatic heterocycles. The first kappa shape index (κ1) is 32.9. The lowest BCUT2D eigenvalue weighted by atomic mass is 9.78. The fraction of sp³-hybridized carbons (Fsp3) is 0.622. The van der Waals surface area contributed by atoms with Gasteiger partial charge in [0.05, 0.1) is 17.5 Å². The van der Waals surface area contributed by atoms with E-state index in [4.69, 9.17) is 14.2 Å². The minimum absolute atomic E-state index is 0.0988. The Kier molecular flexibility index (Phi) is 10.2. The maximum absolute atomic E-state index is 13.4. The van der Waals surface area contributed by atoms with Gasteiger partial charge in [0.15, 0.2) is 5.60 Å². The Hall–Kier alpha value is -3.02. The van der Waals surface area contributed by atoms with Gasteiger partial charge in [0.25, 0.3) is 0 Å². The quantitative estimate of drug-likeness (QED) is 0.248. The molecule has 3 aliphatic rings. The third kappa shape index (κ3) is 7.05. The number of fused-ring (bicyclic) bond motifs is 5. The van der Waals surface area contributed by atoms with Crippen molar-refractivity contribution in [2.75, 3.05) is 0 Å². The van der Waals surface area contributed by atoms with Gasteiger partial charge in [0.1, 0.15) is 11.5 Å². The topological polar surface area (TPSA) is 82.1 Å². The summed E-state index contributed by atoms with van der Waals surface area (Å²) in [7, 11) is 0. The molecule has 6 heteroatoms. The summed E-state index contributed by atoms with van der Waals surface area (Å²) in [6, 6.07) is 6.35. The average molecular weight is 593 g/mol. The van der Waals surface area contributed by atoms with Gasteiger partial charge in [-0.3, -0.25) is 0 Å². The Bertz CT molecular complexity index is 1270. The molecule has 0 saturated heterocycles. The predicted octanol–water partition coefficient (Wildman–Crippen LogP) is 9.17. The third-order valence-electron chi connectivity index (χ3n) is 9.98. The van der Waals surface area contributed by atoms with Crippen molar-refractivity contribution < 1.29 is 28.9 Å². The van der Waals surface area contributed by atoms with Gasteiger partial charge in [-0.15, -0.1) is 0 Å². The fourth-order valence-corrected chi connectivity index (χ4v) is 6.72. The Balaban J connectivity index is 1.53. The van der Waals surface area contributed by atoms with Crippen LogP contribution in [0.1, 0.15) is 135 Å². The summed E-state index contributed by atoms with van der Waals surface area (Å²) in [5.74, 6) is 0.0961. The van der Waals surface area contributed by atoms with Crippen LogP contribution in [0.3, 0.4) is 0 Å². The standard InChI is InChI=1S/C37H52O6/c1-23(2)12-9-13-24(3)14-10-15-25(4)16-11-21-36(8)37(22-31-28(7)32(38)26(5)27(6)33(31)41-36)42-34(39)29-17-18-30(20-19-29)35(40)43-37/h17-20,23-25,38H,9-16,21-22H2,1-8H3/t24-,25+,36-/m0/s1. The molecule has 3 atom stereocenters. The number of hydrogen-bond acceptors (Lipinski definition) is 6. The molecule has 5 rings (SSSR count). The lowest BCUT2D eigenvalue weighted by molar-refractivity contribution is -0.264. The van der Waals surface area contributed by atoms with Gasteiger partial charge in [-0.2, -0.15) is 0 Å². The van der Waals surface area contributed by atoms with Crippen molar-refractivity contribution in [3.63, 3.8) is 0 Å². The Labute approximate surface area is 258 Å². The molecule has 0 radical (unpaired) electrons. The lowest BCUT2D eigenvalue weighted by Gasteiger charge is -2.50. The van der Waals surface area contributed by atoms with E-state index in [0.29, 0.717) is 40.3 Å². The van der Waals surface area contributed by atoms with Gasteiger partial charge in [0.2, 0.25) is 0 Å². The number of carbonyl (C=O) groups is 2. The molecule has 0 fully saturated rings. The summed E-state index contributed by atoms with van der Waals surface area (Å²) >= 11 is 0. The maximum atomic E-state index is 13.4. The zero-order valence-electron chi connectivity index (χ0n) is 27.6. The minimum atomic E-state index is -1.70. The first-order valence-electron chi connectivity index (χ1n) is 16.3. The van der Waals surface area contributed by atoms with Gasteiger partial charge in [-0.05, 0) is 99.2 Å². The van der Waals surface area contributed by atoms with Crippen LogP contribution in [-0.2, 0) is 15.9 Å². The smallest absolute Gasteiger partial charge is 0.341 e. The molecule has 0 unspecified atom stereocenters. The van der Waals surface area contributed by atoms with Crippen molar-refractivity contribution in [2.24, 2.45) is 17.8 Å². The van der Waals surface area contributed by atoms with Gasteiger partial charge in [-0.1, -0.05) is 72.6 Å². The number of phenolic OH excluding ortho intramolecular Hbond substituents is 1. The first-order chi connectivity index (χ1) is 20.3. The molecule has 0 amide bonds. The Morgan fingerprint density at radius 3 is 1.72 bits per heavy atom. The molecule has 2 bridgehead atoms. The van der Waals surface area contributed by atoms with Crippen LogP contribution in [0.15, 0.2) is 24.3 Å². The summed E-state index contributed by atoms with van der Waals surface area (Å²) in [5.41, 5.74) is 2.48. The molecule has 0 saturated carbocycles. The molecule has 2 aromatic carbocycles. The van der Waals surface area contributed by atoms with E-state index in [9.17, 15) is 14.7 Å². The summed E-state index contributed by atoms with van der Waals surface area (Å²) in [5, 5.41) is 10.9. The number of rotatable bonds is 12. The monoisotopic (exact) mass is 592 g/mol. The zero-order chi connectivity index (χ0) is 31.5. The largest absolute Gasteiger partial charge is 0.507 e. The van der Waals surface area contributed by atoms with Crippen LogP contribution in [0.2, 0.25) is 0 Å².